The van der Waals surface area contributed by atoms with Crippen LogP contribution in [0.2, 0.25) is 16.6 Å². The second kappa shape index (κ2) is 18.3. The predicted molar refractivity (Wildman–Crippen MR) is 235 cm³/mol. The van der Waals surface area contributed by atoms with E-state index in [1.165, 1.54) is 7.11 Å². The summed E-state index contributed by atoms with van der Waals surface area (Å²) < 4.78 is 51.9. The van der Waals surface area contributed by atoms with Gasteiger partial charge in [-0.25, -0.2) is 13.2 Å². The maximum atomic E-state index is 14.9. The SMILES string of the molecule is COC(=O)c1ccccc1[C@@H]1[C@@H](COC(c2ccccc2)(c2ccccc2)c2ccccc2)CN(S(=O)(=O)c2ccc(C)cc2)C[C@H]1O[Si](C(C)C)(C(C)C)C(C)C. The highest BCUT2D eigenvalue weighted by Gasteiger charge is 2.52. The first kappa shape index (κ1) is 43.2. The molecule has 1 fully saturated rings. The van der Waals surface area contributed by atoms with Gasteiger partial charge in [0.25, 0.3) is 0 Å². The van der Waals surface area contributed by atoms with Gasteiger partial charge in [0.2, 0.25) is 18.3 Å². The zero-order valence-corrected chi connectivity index (χ0v) is 37.0. The van der Waals surface area contributed by atoms with Gasteiger partial charge in [-0.1, -0.05) is 168 Å². The number of carbonyl (C=O) groups is 1. The molecule has 58 heavy (non-hydrogen) atoms. The second-order valence-corrected chi connectivity index (χ2v) is 23.9. The molecule has 5 aromatic rings. The minimum absolute atomic E-state index is 0.120. The lowest BCUT2D eigenvalue weighted by Gasteiger charge is -2.51. The highest BCUT2D eigenvalue weighted by atomic mass is 32.2. The predicted octanol–water partition coefficient (Wildman–Crippen LogP) is 10.8. The zero-order chi connectivity index (χ0) is 41.7. The Bertz CT molecular complexity index is 2090. The van der Waals surface area contributed by atoms with Crippen LogP contribution in [0.4, 0.5) is 0 Å². The van der Waals surface area contributed by atoms with E-state index in [0.29, 0.717) is 5.56 Å². The minimum atomic E-state index is -3.99. The summed E-state index contributed by atoms with van der Waals surface area (Å²) in [6.07, 6.45) is -0.605. The molecule has 306 valence electrons. The molecule has 5 aromatic carbocycles. The number of sulfonamides is 1. The molecule has 6 rings (SSSR count). The molecule has 3 atom stereocenters. The maximum absolute atomic E-state index is 14.9. The fourth-order valence-electron chi connectivity index (χ4n) is 9.60. The third-order valence-corrected chi connectivity index (χ3v) is 20.2. The number of nitrogens with zero attached hydrogens (tertiary/aromatic N) is 1. The average molecular weight is 818 g/mol. The number of hydrogen-bond donors (Lipinski definition) is 0. The maximum Gasteiger partial charge on any atom is 0.338 e. The van der Waals surface area contributed by atoms with Crippen LogP contribution in [0.25, 0.3) is 0 Å². The van der Waals surface area contributed by atoms with Crippen LogP contribution < -0.4 is 0 Å². The Morgan fingerprint density at radius 3 is 1.62 bits per heavy atom. The summed E-state index contributed by atoms with van der Waals surface area (Å²) in [4.78, 5) is 13.9. The van der Waals surface area contributed by atoms with Gasteiger partial charge < -0.3 is 13.9 Å². The van der Waals surface area contributed by atoms with Crippen LogP contribution in [0.1, 0.15) is 85.6 Å². The molecule has 0 aromatic heterocycles. The van der Waals surface area contributed by atoms with Crippen molar-refractivity contribution in [2.75, 3.05) is 26.8 Å². The number of esters is 1. The summed E-state index contributed by atoms with van der Waals surface area (Å²) >= 11 is 0. The molecule has 1 saturated heterocycles. The molecule has 0 bridgehead atoms. The fourth-order valence-corrected chi connectivity index (χ4v) is 16.7. The van der Waals surface area contributed by atoms with E-state index < -0.39 is 47.9 Å². The Kier molecular flexibility index (Phi) is 13.6. The smallest absolute Gasteiger partial charge is 0.338 e. The number of hydrogen-bond acceptors (Lipinski definition) is 6. The topological polar surface area (TPSA) is 82.1 Å². The van der Waals surface area contributed by atoms with Crippen molar-refractivity contribution in [3.63, 3.8) is 0 Å². The Morgan fingerprint density at radius 1 is 0.690 bits per heavy atom. The van der Waals surface area contributed by atoms with Crippen molar-refractivity contribution >= 4 is 24.3 Å². The summed E-state index contributed by atoms with van der Waals surface area (Å²) in [5, 5.41) is 0. The van der Waals surface area contributed by atoms with Crippen LogP contribution in [0.5, 0.6) is 0 Å². The normalized spacial score (nSPS) is 18.2. The summed E-state index contributed by atoms with van der Waals surface area (Å²) in [6.45, 7) is 15.8. The van der Waals surface area contributed by atoms with Gasteiger partial charge in [-0.2, -0.15) is 4.31 Å². The van der Waals surface area contributed by atoms with Crippen LogP contribution in [0, 0.1) is 12.8 Å². The first-order valence-corrected chi connectivity index (χ1v) is 24.1. The highest BCUT2D eigenvalue weighted by molar-refractivity contribution is 7.89. The van der Waals surface area contributed by atoms with Gasteiger partial charge in [-0.15, -0.1) is 0 Å². The molecule has 1 heterocycles. The molecule has 0 amide bonds. The number of piperidine rings is 1. The van der Waals surface area contributed by atoms with Crippen molar-refractivity contribution in [2.45, 2.75) is 87.6 Å². The van der Waals surface area contributed by atoms with Crippen molar-refractivity contribution < 1.29 is 27.1 Å². The molecule has 0 radical (unpaired) electrons. The second-order valence-electron chi connectivity index (χ2n) is 16.6. The van der Waals surface area contributed by atoms with E-state index in [9.17, 15) is 13.2 Å². The van der Waals surface area contributed by atoms with Crippen molar-refractivity contribution in [3.8, 4) is 0 Å². The molecule has 0 unspecified atom stereocenters. The minimum Gasteiger partial charge on any atom is -0.465 e. The van der Waals surface area contributed by atoms with E-state index in [1.807, 2.05) is 91.9 Å². The Hall–Kier alpha value is -4.38. The van der Waals surface area contributed by atoms with E-state index in [1.54, 1.807) is 22.5 Å². The standard InChI is InChI=1S/C49H59NO6SSi/c1-35(2)58(36(3)4,37(5)6)56-46-33-50(57(52,53)43-30-28-38(7)29-31-43)32-39(47(46)44-26-18-19-27-45(44)48(51)54-8)34-55-49(40-20-12-9-13-21-40,41-22-14-10-15-23-41)42-24-16-11-17-25-42/h9-31,35-37,39,46-47H,32-34H2,1-8H3/t39-,46-,47+/m1/s1. The van der Waals surface area contributed by atoms with Crippen molar-refractivity contribution in [2.24, 2.45) is 5.92 Å². The van der Waals surface area contributed by atoms with Crippen molar-refractivity contribution in [1.29, 1.82) is 0 Å². The number of aryl methyl sites for hydroxylation is 1. The van der Waals surface area contributed by atoms with Gasteiger partial charge >= 0.3 is 5.97 Å². The molecule has 0 saturated carbocycles. The molecule has 0 aliphatic carbocycles. The molecule has 1 aliphatic rings. The number of ether oxygens (including phenoxy) is 2. The number of benzene rings is 5. The van der Waals surface area contributed by atoms with E-state index in [-0.39, 0.29) is 41.2 Å². The molecule has 0 spiro atoms. The monoisotopic (exact) mass is 817 g/mol. The fraction of sp³-hybridized carbons (Fsp3) is 0.367. The van der Waals surface area contributed by atoms with Gasteiger partial charge in [0, 0.05) is 24.9 Å². The lowest BCUT2D eigenvalue weighted by Crippen LogP contribution is -2.58. The lowest BCUT2D eigenvalue weighted by atomic mass is 9.77. The third kappa shape index (κ3) is 8.38. The van der Waals surface area contributed by atoms with Crippen LogP contribution >= 0.6 is 0 Å². The van der Waals surface area contributed by atoms with Gasteiger partial charge in [-0.05, 0) is 64.0 Å². The third-order valence-electron chi connectivity index (χ3n) is 12.2. The number of methoxy groups -OCH3 is 1. The van der Waals surface area contributed by atoms with Crippen LogP contribution in [-0.2, 0) is 29.5 Å². The largest absolute Gasteiger partial charge is 0.465 e. The molecule has 7 nitrogen and oxygen atoms in total. The van der Waals surface area contributed by atoms with Crippen molar-refractivity contribution in [1.82, 2.24) is 4.31 Å². The average Bonchev–Trinajstić information content (AvgIpc) is 3.23. The summed E-state index contributed by atoms with van der Waals surface area (Å²) in [5.74, 6) is -1.34. The number of rotatable bonds is 15. The van der Waals surface area contributed by atoms with E-state index in [2.05, 4.69) is 77.9 Å². The first-order valence-electron chi connectivity index (χ1n) is 20.5. The highest BCUT2D eigenvalue weighted by Crippen LogP contribution is 2.49. The van der Waals surface area contributed by atoms with E-state index in [4.69, 9.17) is 13.9 Å². The summed E-state index contributed by atoms with van der Waals surface area (Å²) in [7, 11) is -5.23. The number of carbonyl (C=O) groups excluding carboxylic acids is 1. The molecule has 1 aliphatic heterocycles. The molecule has 0 N–H and O–H groups in total. The molecule has 9 heteroatoms. The van der Waals surface area contributed by atoms with Crippen LogP contribution in [0.3, 0.4) is 0 Å². The van der Waals surface area contributed by atoms with Gasteiger partial charge in [0.1, 0.15) is 5.60 Å². The van der Waals surface area contributed by atoms with Gasteiger partial charge in [0.05, 0.1) is 30.3 Å². The zero-order valence-electron chi connectivity index (χ0n) is 35.2. The Labute approximate surface area is 347 Å². The van der Waals surface area contributed by atoms with Crippen LogP contribution in [0.15, 0.2) is 144 Å². The Morgan fingerprint density at radius 2 is 1.16 bits per heavy atom. The lowest BCUT2D eigenvalue weighted by molar-refractivity contribution is -0.0415. The van der Waals surface area contributed by atoms with E-state index in [0.717, 1.165) is 27.8 Å². The first-order chi connectivity index (χ1) is 27.8. The molecular formula is C49H59NO6SSi. The van der Waals surface area contributed by atoms with Crippen LogP contribution in [-0.4, -0.2) is 59.9 Å². The van der Waals surface area contributed by atoms with Crippen molar-refractivity contribution in [3.05, 3.63) is 173 Å². The summed E-state index contributed by atoms with van der Waals surface area (Å²) in [5.41, 5.74) is 4.63. The molecular weight excluding hydrogens is 759 g/mol. The van der Waals surface area contributed by atoms with Gasteiger partial charge in [-0.3, -0.25) is 0 Å². The quantitative estimate of drug-likeness (QED) is 0.0595. The van der Waals surface area contributed by atoms with E-state index >= 15 is 0 Å². The Balaban J connectivity index is 1.59. The summed E-state index contributed by atoms with van der Waals surface area (Å²) in [6, 6.07) is 45.2. The van der Waals surface area contributed by atoms with Gasteiger partial charge in [0.15, 0.2) is 0 Å².